The SMILES string of the molecule is CCCCCCCC[SiH](C)Oc1ccc(N)cc1. The molecule has 0 saturated carbocycles. The van der Waals surface area contributed by atoms with E-state index in [4.69, 9.17) is 10.2 Å². The zero-order chi connectivity index (χ0) is 13.2. The van der Waals surface area contributed by atoms with Crippen LogP contribution in [0.2, 0.25) is 12.6 Å². The summed E-state index contributed by atoms with van der Waals surface area (Å²) in [4.78, 5) is 0. The van der Waals surface area contributed by atoms with Gasteiger partial charge in [-0.05, 0) is 36.9 Å². The maximum Gasteiger partial charge on any atom is 0.232 e. The molecule has 1 rings (SSSR count). The summed E-state index contributed by atoms with van der Waals surface area (Å²) in [5.41, 5.74) is 6.45. The monoisotopic (exact) mass is 265 g/mol. The van der Waals surface area contributed by atoms with Crippen molar-refractivity contribution in [3.63, 3.8) is 0 Å². The molecule has 0 heterocycles. The van der Waals surface area contributed by atoms with Crippen LogP contribution < -0.4 is 10.2 Å². The van der Waals surface area contributed by atoms with Crippen LogP contribution in [0.15, 0.2) is 24.3 Å². The van der Waals surface area contributed by atoms with E-state index in [0.29, 0.717) is 0 Å². The first kappa shape index (κ1) is 15.1. The van der Waals surface area contributed by atoms with Crippen LogP contribution in [-0.4, -0.2) is 9.04 Å². The molecule has 2 nitrogen and oxygen atoms in total. The maximum atomic E-state index is 5.98. The van der Waals surface area contributed by atoms with E-state index in [9.17, 15) is 0 Å². The van der Waals surface area contributed by atoms with E-state index >= 15 is 0 Å². The molecule has 0 saturated heterocycles. The second-order valence-corrected chi connectivity index (χ2v) is 7.49. The van der Waals surface area contributed by atoms with Crippen LogP contribution in [0.3, 0.4) is 0 Å². The zero-order valence-electron chi connectivity index (χ0n) is 11.8. The summed E-state index contributed by atoms with van der Waals surface area (Å²) >= 11 is 0. The molecule has 0 fully saturated rings. The minimum absolute atomic E-state index is 0.799. The molecule has 18 heavy (non-hydrogen) atoms. The summed E-state index contributed by atoms with van der Waals surface area (Å²) in [6, 6.07) is 9.03. The van der Waals surface area contributed by atoms with Gasteiger partial charge >= 0.3 is 0 Å². The molecule has 102 valence electrons. The highest BCUT2D eigenvalue weighted by molar-refractivity contribution is 6.51. The predicted molar refractivity (Wildman–Crippen MR) is 82.7 cm³/mol. The number of anilines is 1. The van der Waals surface area contributed by atoms with Gasteiger partial charge in [-0.1, -0.05) is 45.4 Å². The van der Waals surface area contributed by atoms with Crippen molar-refractivity contribution in [1.82, 2.24) is 0 Å². The van der Waals surface area contributed by atoms with Gasteiger partial charge in [0.25, 0.3) is 0 Å². The Kier molecular flexibility index (Phi) is 7.57. The Labute approximate surface area is 113 Å². The first-order chi connectivity index (χ1) is 8.72. The van der Waals surface area contributed by atoms with Crippen molar-refractivity contribution in [3.8, 4) is 5.75 Å². The van der Waals surface area contributed by atoms with Crippen molar-refractivity contribution in [2.45, 2.75) is 58.0 Å². The van der Waals surface area contributed by atoms with Gasteiger partial charge < -0.3 is 10.2 Å². The Morgan fingerprint density at radius 2 is 1.61 bits per heavy atom. The van der Waals surface area contributed by atoms with Gasteiger partial charge in [0.1, 0.15) is 5.75 Å². The lowest BCUT2D eigenvalue weighted by Crippen LogP contribution is -2.16. The average Bonchev–Trinajstić information content (AvgIpc) is 2.36. The van der Waals surface area contributed by atoms with Crippen molar-refractivity contribution in [3.05, 3.63) is 24.3 Å². The van der Waals surface area contributed by atoms with E-state index in [-0.39, 0.29) is 0 Å². The van der Waals surface area contributed by atoms with E-state index in [1.807, 2.05) is 24.3 Å². The molecule has 0 aromatic heterocycles. The van der Waals surface area contributed by atoms with E-state index < -0.39 is 9.04 Å². The van der Waals surface area contributed by atoms with Crippen LogP contribution in [0.25, 0.3) is 0 Å². The average molecular weight is 265 g/mol. The Morgan fingerprint density at radius 3 is 2.28 bits per heavy atom. The Hall–Kier alpha value is -0.963. The smallest absolute Gasteiger partial charge is 0.232 e. The number of unbranched alkanes of at least 4 members (excludes halogenated alkanes) is 5. The second-order valence-electron chi connectivity index (χ2n) is 5.05. The molecule has 3 heteroatoms. The first-order valence-corrected chi connectivity index (χ1v) is 9.69. The normalized spacial score (nSPS) is 12.3. The summed E-state index contributed by atoms with van der Waals surface area (Å²) in [7, 11) is -1.04. The highest BCUT2D eigenvalue weighted by Gasteiger charge is 2.06. The fourth-order valence-electron chi connectivity index (χ4n) is 2.05. The van der Waals surface area contributed by atoms with Crippen LogP contribution in [0, 0.1) is 0 Å². The van der Waals surface area contributed by atoms with Crippen molar-refractivity contribution < 1.29 is 4.43 Å². The highest BCUT2D eigenvalue weighted by Crippen LogP contribution is 2.16. The number of nitrogens with two attached hydrogens (primary N) is 1. The van der Waals surface area contributed by atoms with Gasteiger partial charge in [-0.3, -0.25) is 0 Å². The van der Waals surface area contributed by atoms with Crippen molar-refractivity contribution in [1.29, 1.82) is 0 Å². The minimum atomic E-state index is -1.04. The number of nitrogen functional groups attached to an aromatic ring is 1. The third-order valence-electron chi connectivity index (χ3n) is 3.18. The van der Waals surface area contributed by atoms with Gasteiger partial charge in [-0.2, -0.15) is 0 Å². The molecular weight excluding hydrogens is 238 g/mol. The predicted octanol–water partition coefficient (Wildman–Crippen LogP) is 4.36. The molecule has 0 bridgehead atoms. The van der Waals surface area contributed by atoms with Crippen molar-refractivity contribution in [2.75, 3.05) is 5.73 Å². The summed E-state index contributed by atoms with van der Waals surface area (Å²) in [5.74, 6) is 0.981. The molecule has 0 aliphatic rings. The van der Waals surface area contributed by atoms with E-state index in [0.717, 1.165) is 11.4 Å². The van der Waals surface area contributed by atoms with Gasteiger partial charge in [0.15, 0.2) is 0 Å². The number of rotatable bonds is 9. The molecule has 0 spiro atoms. The topological polar surface area (TPSA) is 35.2 Å². The maximum absolute atomic E-state index is 5.98. The van der Waals surface area contributed by atoms with Gasteiger partial charge in [0.2, 0.25) is 9.04 Å². The Balaban J connectivity index is 2.10. The van der Waals surface area contributed by atoms with E-state index in [1.54, 1.807) is 0 Å². The number of hydrogen-bond donors (Lipinski definition) is 1. The molecule has 2 N–H and O–H groups in total. The number of hydrogen-bond acceptors (Lipinski definition) is 2. The molecule has 0 aliphatic carbocycles. The number of benzene rings is 1. The highest BCUT2D eigenvalue weighted by atomic mass is 28.3. The fourth-order valence-corrected chi connectivity index (χ4v) is 3.65. The standard InChI is InChI=1S/C15H27NOSi/c1-3-4-5-6-7-8-13-18(2)17-15-11-9-14(16)10-12-15/h9-12,18H,3-8,13,16H2,1-2H3. The molecule has 1 aromatic rings. The van der Waals surface area contributed by atoms with Crippen LogP contribution >= 0.6 is 0 Å². The largest absolute Gasteiger partial charge is 0.547 e. The summed E-state index contributed by atoms with van der Waals surface area (Å²) < 4.78 is 5.98. The Bertz CT molecular complexity index is 313. The van der Waals surface area contributed by atoms with Crippen LogP contribution in [0.4, 0.5) is 5.69 Å². The van der Waals surface area contributed by atoms with Crippen LogP contribution in [0.1, 0.15) is 45.4 Å². The van der Waals surface area contributed by atoms with Crippen LogP contribution in [0.5, 0.6) is 5.75 Å². The molecule has 1 unspecified atom stereocenters. The van der Waals surface area contributed by atoms with E-state index in [1.165, 1.54) is 44.6 Å². The van der Waals surface area contributed by atoms with Gasteiger partial charge in [-0.15, -0.1) is 0 Å². The van der Waals surface area contributed by atoms with Crippen LogP contribution in [-0.2, 0) is 0 Å². The third-order valence-corrected chi connectivity index (χ3v) is 5.08. The molecule has 1 aromatic carbocycles. The molecule has 0 radical (unpaired) electrons. The zero-order valence-corrected chi connectivity index (χ0v) is 13.0. The summed E-state index contributed by atoms with van der Waals surface area (Å²) in [6.07, 6.45) is 8.18. The summed E-state index contributed by atoms with van der Waals surface area (Å²) in [5, 5.41) is 0. The van der Waals surface area contributed by atoms with Gasteiger partial charge in [0.05, 0.1) is 0 Å². The first-order valence-electron chi connectivity index (χ1n) is 7.24. The molecule has 1 atom stereocenters. The molecular formula is C15H27NOSi. The molecule has 0 aliphatic heterocycles. The second kappa shape index (κ2) is 9.03. The van der Waals surface area contributed by atoms with E-state index in [2.05, 4.69) is 13.5 Å². The fraction of sp³-hybridized carbons (Fsp3) is 0.600. The van der Waals surface area contributed by atoms with Gasteiger partial charge in [0, 0.05) is 5.69 Å². The van der Waals surface area contributed by atoms with Gasteiger partial charge in [-0.25, -0.2) is 0 Å². The minimum Gasteiger partial charge on any atom is -0.547 e. The van der Waals surface area contributed by atoms with Crippen molar-refractivity contribution in [2.24, 2.45) is 0 Å². The third kappa shape index (κ3) is 6.69. The lowest BCUT2D eigenvalue weighted by Gasteiger charge is -2.13. The lowest BCUT2D eigenvalue weighted by molar-refractivity contribution is 0.559. The lowest BCUT2D eigenvalue weighted by atomic mass is 10.1. The van der Waals surface area contributed by atoms with Crippen molar-refractivity contribution >= 4 is 14.7 Å². The Morgan fingerprint density at radius 1 is 1.00 bits per heavy atom. The summed E-state index contributed by atoms with van der Waals surface area (Å²) in [6.45, 7) is 4.54. The quantitative estimate of drug-likeness (QED) is 0.409. The molecule has 0 amide bonds.